The molecule has 0 aliphatic heterocycles. The van der Waals surface area contributed by atoms with E-state index in [4.69, 9.17) is 0 Å². The summed E-state index contributed by atoms with van der Waals surface area (Å²) in [5.41, 5.74) is 4.57. The lowest BCUT2D eigenvalue weighted by Gasteiger charge is -2.06. The second kappa shape index (κ2) is 5.28. The van der Waals surface area contributed by atoms with Crippen LogP contribution in [0.25, 0.3) is 27.6 Å². The molecule has 114 valence electrons. The number of imidazole rings is 1. The van der Waals surface area contributed by atoms with E-state index < -0.39 is 0 Å². The first kappa shape index (κ1) is 14.1. The van der Waals surface area contributed by atoms with E-state index in [9.17, 15) is 10.1 Å². The number of hydrogen-bond donors (Lipinski definition) is 0. The number of Topliss-reactive ketones (excluding diaryl/α,β-unsaturated/α-hetero) is 1. The number of hydrogen-bond acceptors (Lipinski definition) is 4. The molecule has 0 spiro atoms. The zero-order chi connectivity index (χ0) is 16.7. The summed E-state index contributed by atoms with van der Waals surface area (Å²) in [6.07, 6.45) is 1.29. The second-order valence-corrected chi connectivity index (χ2v) is 5.54. The van der Waals surface area contributed by atoms with Gasteiger partial charge < -0.3 is 0 Å². The average molecular weight is 312 g/mol. The number of carbonyl (C=O) groups is 1. The van der Waals surface area contributed by atoms with E-state index in [0.29, 0.717) is 16.9 Å². The van der Waals surface area contributed by atoms with Crippen LogP contribution in [-0.4, -0.2) is 21.4 Å². The Balaban J connectivity index is 2.10. The highest BCUT2D eigenvalue weighted by atomic mass is 16.1. The maximum atomic E-state index is 11.1. The minimum atomic E-state index is -0.108. The SMILES string of the molecule is CC(=O)C=Nc1ccc2c(c1)cc(C#N)c1nc3ccccc3n12. The quantitative estimate of drug-likeness (QED) is 0.528. The van der Waals surface area contributed by atoms with Crippen LogP contribution in [-0.2, 0) is 4.79 Å². The summed E-state index contributed by atoms with van der Waals surface area (Å²) in [5, 5.41) is 10.4. The van der Waals surface area contributed by atoms with Crippen LogP contribution >= 0.6 is 0 Å². The predicted octanol–water partition coefficient (Wildman–Crippen LogP) is 3.80. The van der Waals surface area contributed by atoms with Crippen molar-refractivity contribution < 1.29 is 4.79 Å². The Morgan fingerprint density at radius 2 is 2.04 bits per heavy atom. The number of benzene rings is 2. The van der Waals surface area contributed by atoms with Gasteiger partial charge in [-0.1, -0.05) is 12.1 Å². The molecule has 0 radical (unpaired) electrons. The maximum Gasteiger partial charge on any atom is 0.170 e. The number of aromatic nitrogens is 2. The van der Waals surface area contributed by atoms with Crippen LogP contribution < -0.4 is 0 Å². The summed E-state index contributed by atoms with van der Waals surface area (Å²) < 4.78 is 1.99. The molecule has 0 saturated carbocycles. The number of ketones is 1. The molecule has 2 aromatic carbocycles. The first-order valence-corrected chi connectivity index (χ1v) is 7.46. The van der Waals surface area contributed by atoms with Gasteiger partial charge >= 0.3 is 0 Å². The predicted molar refractivity (Wildman–Crippen MR) is 93.8 cm³/mol. The van der Waals surface area contributed by atoms with E-state index in [1.54, 1.807) is 0 Å². The van der Waals surface area contributed by atoms with Gasteiger partial charge in [0, 0.05) is 12.3 Å². The molecule has 4 rings (SSSR count). The number of carbonyl (C=O) groups excluding carboxylic acids is 1. The number of rotatable bonds is 2. The Labute approximate surface area is 137 Å². The van der Waals surface area contributed by atoms with Crippen LogP contribution in [0, 0.1) is 11.3 Å². The molecule has 24 heavy (non-hydrogen) atoms. The number of para-hydroxylation sites is 2. The van der Waals surface area contributed by atoms with Crippen molar-refractivity contribution >= 4 is 45.3 Å². The summed E-state index contributed by atoms with van der Waals surface area (Å²) in [4.78, 5) is 19.8. The normalized spacial score (nSPS) is 11.5. The Bertz CT molecular complexity index is 1190. The fourth-order valence-corrected chi connectivity index (χ4v) is 2.86. The van der Waals surface area contributed by atoms with Crippen molar-refractivity contribution in [2.75, 3.05) is 0 Å². The van der Waals surface area contributed by atoms with Crippen LogP contribution in [0.5, 0.6) is 0 Å². The molecule has 0 aliphatic rings. The van der Waals surface area contributed by atoms with Gasteiger partial charge in [0.2, 0.25) is 0 Å². The Kier molecular flexibility index (Phi) is 3.10. The van der Waals surface area contributed by atoms with Gasteiger partial charge in [-0.2, -0.15) is 5.26 Å². The summed E-state index contributed by atoms with van der Waals surface area (Å²) in [5.74, 6) is -0.108. The number of aliphatic imine (C=N–C) groups is 1. The van der Waals surface area contributed by atoms with Gasteiger partial charge in [-0.15, -0.1) is 0 Å². The molecule has 0 fully saturated rings. The molecular formula is C19H12N4O. The highest BCUT2D eigenvalue weighted by molar-refractivity contribution is 6.26. The number of nitrogens with zero attached hydrogens (tertiary/aromatic N) is 4. The second-order valence-electron chi connectivity index (χ2n) is 5.54. The lowest BCUT2D eigenvalue weighted by atomic mass is 10.1. The van der Waals surface area contributed by atoms with E-state index in [2.05, 4.69) is 16.0 Å². The molecule has 5 heteroatoms. The van der Waals surface area contributed by atoms with Crippen molar-refractivity contribution in [3.63, 3.8) is 0 Å². The van der Waals surface area contributed by atoms with E-state index in [0.717, 1.165) is 21.9 Å². The van der Waals surface area contributed by atoms with Gasteiger partial charge in [0.1, 0.15) is 6.07 Å². The number of fused-ring (bicyclic) bond motifs is 5. The van der Waals surface area contributed by atoms with Crippen LogP contribution in [0.2, 0.25) is 0 Å². The van der Waals surface area contributed by atoms with Gasteiger partial charge in [0.15, 0.2) is 11.4 Å². The fourth-order valence-electron chi connectivity index (χ4n) is 2.86. The number of pyridine rings is 1. The van der Waals surface area contributed by atoms with Crippen molar-refractivity contribution in [1.29, 1.82) is 5.26 Å². The number of nitriles is 1. The zero-order valence-corrected chi connectivity index (χ0v) is 12.9. The average Bonchev–Trinajstić information content (AvgIpc) is 2.98. The van der Waals surface area contributed by atoms with Gasteiger partial charge in [-0.05, 0) is 36.4 Å². The minimum Gasteiger partial charge on any atom is -0.293 e. The van der Waals surface area contributed by atoms with Crippen molar-refractivity contribution in [2.45, 2.75) is 6.92 Å². The van der Waals surface area contributed by atoms with Crippen LogP contribution in [0.1, 0.15) is 12.5 Å². The molecule has 5 nitrogen and oxygen atoms in total. The lowest BCUT2D eigenvalue weighted by molar-refractivity contribution is -0.110. The first-order chi connectivity index (χ1) is 11.7. The molecule has 0 bridgehead atoms. The molecule has 2 aromatic heterocycles. The third-order valence-corrected chi connectivity index (χ3v) is 3.87. The summed E-state index contributed by atoms with van der Waals surface area (Å²) in [7, 11) is 0. The molecular weight excluding hydrogens is 300 g/mol. The first-order valence-electron chi connectivity index (χ1n) is 7.46. The molecule has 0 saturated heterocycles. The molecule has 0 amide bonds. The van der Waals surface area contributed by atoms with Crippen molar-refractivity contribution in [3.8, 4) is 6.07 Å². The topological polar surface area (TPSA) is 70.5 Å². The van der Waals surface area contributed by atoms with E-state index in [-0.39, 0.29) is 5.78 Å². The van der Waals surface area contributed by atoms with Gasteiger partial charge in [-0.25, -0.2) is 4.98 Å². The van der Waals surface area contributed by atoms with Gasteiger partial charge in [0.25, 0.3) is 0 Å². The van der Waals surface area contributed by atoms with E-state index in [1.807, 2.05) is 52.9 Å². The van der Waals surface area contributed by atoms with Crippen molar-refractivity contribution in [3.05, 3.63) is 54.1 Å². The van der Waals surface area contributed by atoms with Gasteiger partial charge in [0.05, 0.1) is 34.0 Å². The molecule has 0 unspecified atom stereocenters. The smallest absolute Gasteiger partial charge is 0.170 e. The van der Waals surface area contributed by atoms with E-state index >= 15 is 0 Å². The zero-order valence-electron chi connectivity index (χ0n) is 12.9. The summed E-state index contributed by atoms with van der Waals surface area (Å²) in [6, 6.07) is 17.5. The van der Waals surface area contributed by atoms with Crippen molar-refractivity contribution in [2.24, 2.45) is 4.99 Å². The molecule has 4 aromatic rings. The Hall–Kier alpha value is -3.52. The Morgan fingerprint density at radius 1 is 1.21 bits per heavy atom. The highest BCUT2D eigenvalue weighted by Gasteiger charge is 2.12. The fraction of sp³-hybridized carbons (Fsp3) is 0.0526. The molecule has 0 N–H and O–H groups in total. The third kappa shape index (κ3) is 2.13. The van der Waals surface area contributed by atoms with Crippen LogP contribution in [0.4, 0.5) is 5.69 Å². The van der Waals surface area contributed by atoms with Crippen molar-refractivity contribution in [1.82, 2.24) is 9.38 Å². The molecule has 2 heterocycles. The summed E-state index contributed by atoms with van der Waals surface area (Å²) >= 11 is 0. The minimum absolute atomic E-state index is 0.108. The lowest BCUT2D eigenvalue weighted by Crippen LogP contribution is -1.92. The molecule has 0 atom stereocenters. The van der Waals surface area contributed by atoms with E-state index in [1.165, 1.54) is 13.1 Å². The monoisotopic (exact) mass is 312 g/mol. The highest BCUT2D eigenvalue weighted by Crippen LogP contribution is 2.28. The van der Waals surface area contributed by atoms with Crippen LogP contribution in [0.15, 0.2) is 53.5 Å². The standard InChI is InChI=1S/C19H12N4O/c1-12(24)11-21-15-6-7-17-13(9-15)8-14(10-20)19-22-16-4-2-3-5-18(16)23(17)19/h2-9,11H,1H3. The van der Waals surface area contributed by atoms with Crippen LogP contribution in [0.3, 0.4) is 0 Å². The van der Waals surface area contributed by atoms with Gasteiger partial charge in [-0.3, -0.25) is 14.2 Å². The molecule has 0 aliphatic carbocycles. The largest absolute Gasteiger partial charge is 0.293 e. The maximum absolute atomic E-state index is 11.1. The summed E-state index contributed by atoms with van der Waals surface area (Å²) in [6.45, 7) is 1.46. The Morgan fingerprint density at radius 3 is 2.83 bits per heavy atom. The third-order valence-electron chi connectivity index (χ3n) is 3.87.